The van der Waals surface area contributed by atoms with Crippen molar-refractivity contribution in [2.75, 3.05) is 10.2 Å². The zero-order valence-electron chi connectivity index (χ0n) is 13.2. The molecule has 2 aromatic rings. The molecule has 3 N–H and O–H groups in total. The Morgan fingerprint density at radius 1 is 1.08 bits per heavy atom. The maximum absolute atomic E-state index is 12.6. The number of para-hydroxylation sites is 1. The molecular formula is C16H15N3O4S2. The van der Waals surface area contributed by atoms with E-state index in [4.69, 9.17) is 5.14 Å². The minimum atomic E-state index is -3.78. The van der Waals surface area contributed by atoms with Crippen LogP contribution < -0.4 is 15.4 Å². The largest absolute Gasteiger partial charge is 0.365 e. The van der Waals surface area contributed by atoms with Crippen LogP contribution in [-0.4, -0.2) is 24.9 Å². The van der Waals surface area contributed by atoms with Gasteiger partial charge in [0.05, 0.1) is 10.6 Å². The Hall–Kier alpha value is -2.36. The van der Waals surface area contributed by atoms with Gasteiger partial charge in [0, 0.05) is 5.69 Å². The number of hydrogen-bond donors (Lipinski definition) is 2. The highest BCUT2D eigenvalue weighted by Gasteiger charge is 2.41. The van der Waals surface area contributed by atoms with Crippen molar-refractivity contribution >= 4 is 44.3 Å². The van der Waals surface area contributed by atoms with E-state index in [1.165, 1.54) is 24.3 Å². The van der Waals surface area contributed by atoms with Gasteiger partial charge in [-0.05, 0) is 54.6 Å². The van der Waals surface area contributed by atoms with Crippen LogP contribution in [0.25, 0.3) is 0 Å². The summed E-state index contributed by atoms with van der Waals surface area (Å²) in [6.45, 7) is 1.83. The summed E-state index contributed by atoms with van der Waals surface area (Å²) in [5.41, 5.74) is 1.89. The third-order valence-electron chi connectivity index (χ3n) is 3.68. The third-order valence-corrected chi connectivity index (χ3v) is 5.55. The summed E-state index contributed by atoms with van der Waals surface area (Å²) in [4.78, 5) is 26.0. The fraction of sp³-hybridized carbons (Fsp3) is 0.125. The second-order valence-corrected chi connectivity index (χ2v) is 8.06. The van der Waals surface area contributed by atoms with Crippen molar-refractivity contribution in [3.63, 3.8) is 0 Å². The molecule has 1 fully saturated rings. The van der Waals surface area contributed by atoms with Gasteiger partial charge in [0.2, 0.25) is 10.0 Å². The molecule has 0 spiro atoms. The van der Waals surface area contributed by atoms with E-state index < -0.39 is 15.4 Å². The molecule has 0 radical (unpaired) electrons. The molecule has 9 heteroatoms. The van der Waals surface area contributed by atoms with E-state index >= 15 is 0 Å². The van der Waals surface area contributed by atoms with E-state index in [9.17, 15) is 18.0 Å². The number of nitrogens with two attached hydrogens (primary N) is 1. The molecule has 2 aromatic carbocycles. The number of carbonyl (C=O) groups is 2. The molecule has 3 rings (SSSR count). The number of imide groups is 1. The van der Waals surface area contributed by atoms with Crippen LogP contribution in [0, 0.1) is 6.92 Å². The molecule has 2 amide bonds. The topological polar surface area (TPSA) is 110 Å². The normalized spacial score (nSPS) is 17.8. The lowest BCUT2D eigenvalue weighted by Gasteiger charge is -2.16. The number of thioether (sulfide) groups is 1. The monoisotopic (exact) mass is 377 g/mol. The molecule has 1 heterocycles. The Labute approximate surface area is 149 Å². The second kappa shape index (κ2) is 6.51. The Morgan fingerprint density at radius 3 is 2.32 bits per heavy atom. The first kappa shape index (κ1) is 17.5. The molecular weight excluding hydrogens is 362 g/mol. The van der Waals surface area contributed by atoms with Crippen molar-refractivity contribution in [2.45, 2.75) is 17.2 Å². The van der Waals surface area contributed by atoms with Crippen molar-refractivity contribution in [3.8, 4) is 0 Å². The number of hydrogen-bond acceptors (Lipinski definition) is 6. The molecule has 1 atom stereocenters. The maximum atomic E-state index is 12.6. The molecule has 1 saturated heterocycles. The number of sulfonamides is 1. The number of nitrogens with one attached hydrogen (secondary N) is 1. The summed E-state index contributed by atoms with van der Waals surface area (Å²) in [5.74, 6) is -0.375. The van der Waals surface area contributed by atoms with Crippen LogP contribution in [0.3, 0.4) is 0 Å². The Bertz CT molecular complexity index is 942. The van der Waals surface area contributed by atoms with Crippen molar-refractivity contribution in [2.24, 2.45) is 5.14 Å². The van der Waals surface area contributed by atoms with Crippen LogP contribution in [0.1, 0.15) is 5.56 Å². The summed E-state index contributed by atoms with van der Waals surface area (Å²) in [6.07, 6.45) is 0. The van der Waals surface area contributed by atoms with E-state index in [-0.39, 0.29) is 16.0 Å². The zero-order valence-corrected chi connectivity index (χ0v) is 14.8. The number of benzene rings is 2. The van der Waals surface area contributed by atoms with Crippen molar-refractivity contribution in [3.05, 3.63) is 54.1 Å². The van der Waals surface area contributed by atoms with Gasteiger partial charge in [0.25, 0.3) is 11.1 Å². The van der Waals surface area contributed by atoms with Gasteiger partial charge in [0.1, 0.15) is 0 Å². The molecule has 0 aromatic heterocycles. The van der Waals surface area contributed by atoms with Gasteiger partial charge in [-0.2, -0.15) is 0 Å². The lowest BCUT2D eigenvalue weighted by atomic mass is 10.2. The van der Waals surface area contributed by atoms with Gasteiger partial charge in [-0.15, -0.1) is 0 Å². The lowest BCUT2D eigenvalue weighted by molar-refractivity contribution is -0.116. The predicted molar refractivity (Wildman–Crippen MR) is 96.9 cm³/mol. The van der Waals surface area contributed by atoms with Gasteiger partial charge < -0.3 is 5.32 Å². The summed E-state index contributed by atoms with van der Waals surface area (Å²) in [5, 5.41) is 6.84. The molecule has 130 valence electrons. The lowest BCUT2D eigenvalue weighted by Crippen LogP contribution is -2.34. The Kier molecular flexibility index (Phi) is 4.55. The van der Waals surface area contributed by atoms with Crippen LogP contribution in [-0.2, 0) is 14.8 Å². The highest BCUT2D eigenvalue weighted by Crippen LogP contribution is 2.34. The second-order valence-electron chi connectivity index (χ2n) is 5.44. The Balaban J connectivity index is 1.80. The summed E-state index contributed by atoms with van der Waals surface area (Å²) >= 11 is 0.873. The first-order valence-electron chi connectivity index (χ1n) is 7.27. The molecule has 0 aliphatic carbocycles. The van der Waals surface area contributed by atoms with Crippen molar-refractivity contribution in [1.82, 2.24) is 0 Å². The first-order valence-corrected chi connectivity index (χ1v) is 9.69. The molecule has 1 unspecified atom stereocenters. The summed E-state index contributed by atoms with van der Waals surface area (Å²) in [6, 6.07) is 12.8. The number of primary sulfonamides is 1. The molecule has 25 heavy (non-hydrogen) atoms. The predicted octanol–water partition coefficient (Wildman–Crippen LogP) is 2.28. The fourth-order valence-electron chi connectivity index (χ4n) is 2.43. The molecule has 7 nitrogen and oxygen atoms in total. The zero-order chi connectivity index (χ0) is 18.2. The van der Waals surface area contributed by atoms with E-state index in [0.29, 0.717) is 11.4 Å². The van der Waals surface area contributed by atoms with E-state index in [0.717, 1.165) is 22.2 Å². The number of rotatable bonds is 4. The van der Waals surface area contributed by atoms with Crippen LogP contribution in [0.15, 0.2) is 53.4 Å². The van der Waals surface area contributed by atoms with Crippen LogP contribution in [0.4, 0.5) is 16.2 Å². The SMILES string of the molecule is Cc1ccccc1N1C(=O)SC(Nc2ccc(S(N)(=O)=O)cc2)C1=O. The number of aryl methyl sites for hydroxylation is 1. The standard InChI is InChI=1S/C16H15N3O4S2/c1-10-4-2-3-5-13(10)19-15(20)14(24-16(19)21)18-11-6-8-12(9-7-11)25(17,22)23/h2-9,14,18H,1H3,(H2,17,22,23). The fourth-order valence-corrected chi connectivity index (χ4v) is 3.84. The quantitative estimate of drug-likeness (QED) is 0.846. The van der Waals surface area contributed by atoms with E-state index in [1.54, 1.807) is 12.1 Å². The number of nitrogens with zero attached hydrogens (tertiary/aromatic N) is 1. The molecule has 0 bridgehead atoms. The summed E-state index contributed by atoms with van der Waals surface area (Å²) < 4.78 is 22.5. The van der Waals surface area contributed by atoms with Gasteiger partial charge in [-0.3, -0.25) is 9.59 Å². The van der Waals surface area contributed by atoms with E-state index in [1.807, 2.05) is 19.1 Å². The minimum absolute atomic E-state index is 0.0268. The average Bonchev–Trinajstić information content (AvgIpc) is 2.82. The number of amides is 2. The van der Waals surface area contributed by atoms with Crippen LogP contribution >= 0.6 is 11.8 Å². The van der Waals surface area contributed by atoms with Gasteiger partial charge in [-0.25, -0.2) is 18.5 Å². The smallest absolute Gasteiger partial charge is 0.295 e. The first-order chi connectivity index (χ1) is 11.8. The van der Waals surface area contributed by atoms with E-state index in [2.05, 4.69) is 5.32 Å². The van der Waals surface area contributed by atoms with Gasteiger partial charge >= 0.3 is 0 Å². The minimum Gasteiger partial charge on any atom is -0.365 e. The Morgan fingerprint density at radius 2 is 1.72 bits per heavy atom. The van der Waals surface area contributed by atoms with Crippen LogP contribution in [0.5, 0.6) is 0 Å². The average molecular weight is 377 g/mol. The number of carbonyl (C=O) groups excluding carboxylic acids is 2. The highest BCUT2D eigenvalue weighted by atomic mass is 32.2. The molecule has 0 saturated carbocycles. The van der Waals surface area contributed by atoms with Crippen molar-refractivity contribution < 1.29 is 18.0 Å². The van der Waals surface area contributed by atoms with Gasteiger partial charge in [0.15, 0.2) is 5.37 Å². The van der Waals surface area contributed by atoms with Crippen molar-refractivity contribution in [1.29, 1.82) is 0 Å². The van der Waals surface area contributed by atoms with Crippen LogP contribution in [0.2, 0.25) is 0 Å². The maximum Gasteiger partial charge on any atom is 0.295 e. The van der Waals surface area contributed by atoms with Gasteiger partial charge in [-0.1, -0.05) is 18.2 Å². The molecule has 1 aliphatic heterocycles. The summed E-state index contributed by atoms with van der Waals surface area (Å²) in [7, 11) is -3.78. The molecule has 1 aliphatic rings. The highest BCUT2D eigenvalue weighted by molar-refractivity contribution is 8.16. The third kappa shape index (κ3) is 3.53. The number of anilines is 2.